The zero-order valence-corrected chi connectivity index (χ0v) is 6.46. The fraction of sp³-hybridized carbons (Fsp3) is 0. The molecule has 0 unspecified atom stereocenters. The monoisotopic (exact) mass is 198 g/mol. The number of aromatic nitrogens is 1. The molecule has 0 atom stereocenters. The number of hydrogen-bond donors (Lipinski definition) is 1. The summed E-state index contributed by atoms with van der Waals surface area (Å²) in [6.07, 6.45) is 1.22. The van der Waals surface area contributed by atoms with Crippen LogP contribution in [0.2, 0.25) is 0 Å². The molecule has 0 radical (unpaired) electrons. The van der Waals surface area contributed by atoms with E-state index >= 15 is 0 Å². The first-order valence-corrected chi connectivity index (χ1v) is 3.28. The molecule has 0 amide bonds. The number of nitriles is 1. The topological polar surface area (TPSA) is 56.9 Å². The summed E-state index contributed by atoms with van der Waals surface area (Å²) in [4.78, 5) is 3.70. The van der Waals surface area contributed by atoms with Crippen LogP contribution in [0.15, 0.2) is 16.9 Å². The van der Waals surface area contributed by atoms with Gasteiger partial charge in [-0.1, -0.05) is 0 Å². The fourth-order valence-corrected chi connectivity index (χ4v) is 0.844. The van der Waals surface area contributed by atoms with Crippen LogP contribution in [0, 0.1) is 11.3 Å². The molecule has 0 aliphatic carbocycles. The average molecular weight is 199 g/mol. The molecule has 1 aromatic rings. The van der Waals surface area contributed by atoms with Gasteiger partial charge in [-0.05, 0) is 22.0 Å². The molecular formula is C6H3BrN2O. The van der Waals surface area contributed by atoms with E-state index in [1.54, 1.807) is 0 Å². The van der Waals surface area contributed by atoms with Crippen LogP contribution in [0.3, 0.4) is 0 Å². The third-order valence-corrected chi connectivity index (χ3v) is 1.40. The van der Waals surface area contributed by atoms with Gasteiger partial charge in [0.15, 0.2) is 5.75 Å². The average Bonchev–Trinajstić information content (AvgIpc) is 1.94. The Balaban J connectivity index is 3.25. The molecule has 10 heavy (non-hydrogen) atoms. The van der Waals surface area contributed by atoms with Gasteiger partial charge in [0, 0.05) is 0 Å². The molecule has 0 aliphatic rings. The van der Waals surface area contributed by atoms with Gasteiger partial charge in [0.25, 0.3) is 0 Å². The van der Waals surface area contributed by atoms with Crippen molar-refractivity contribution >= 4 is 15.9 Å². The van der Waals surface area contributed by atoms with Crippen LogP contribution in [0.4, 0.5) is 0 Å². The maximum Gasteiger partial charge on any atom is 0.151 e. The van der Waals surface area contributed by atoms with Crippen molar-refractivity contribution in [3.05, 3.63) is 22.4 Å². The van der Waals surface area contributed by atoms with E-state index in [1.165, 1.54) is 12.3 Å². The fourth-order valence-electron chi connectivity index (χ4n) is 0.512. The van der Waals surface area contributed by atoms with Gasteiger partial charge in [0.05, 0.1) is 11.8 Å². The summed E-state index contributed by atoms with van der Waals surface area (Å²) in [5.41, 5.74) is 0.224. The minimum atomic E-state index is -0.0919. The summed E-state index contributed by atoms with van der Waals surface area (Å²) in [5, 5.41) is 17.3. The van der Waals surface area contributed by atoms with Gasteiger partial charge in [-0.3, -0.25) is 0 Å². The van der Waals surface area contributed by atoms with Crippen LogP contribution in [-0.2, 0) is 0 Å². The zero-order chi connectivity index (χ0) is 7.56. The predicted molar refractivity (Wildman–Crippen MR) is 38.3 cm³/mol. The molecule has 1 heterocycles. The molecular weight excluding hydrogens is 196 g/mol. The van der Waals surface area contributed by atoms with Crippen molar-refractivity contribution in [3.63, 3.8) is 0 Å². The summed E-state index contributed by atoms with van der Waals surface area (Å²) in [5.74, 6) is -0.0919. The van der Waals surface area contributed by atoms with Crippen LogP contribution in [-0.4, -0.2) is 10.1 Å². The van der Waals surface area contributed by atoms with Crippen molar-refractivity contribution in [1.82, 2.24) is 4.98 Å². The second kappa shape index (κ2) is 2.67. The molecule has 0 spiro atoms. The first-order valence-electron chi connectivity index (χ1n) is 2.48. The molecule has 4 heteroatoms. The summed E-state index contributed by atoms with van der Waals surface area (Å²) < 4.78 is 0.543. The molecule has 50 valence electrons. The summed E-state index contributed by atoms with van der Waals surface area (Å²) in [6.45, 7) is 0. The third kappa shape index (κ3) is 1.25. The smallest absolute Gasteiger partial charge is 0.151 e. The molecule has 0 saturated carbocycles. The second-order valence-electron chi connectivity index (χ2n) is 1.64. The van der Waals surface area contributed by atoms with E-state index in [0.29, 0.717) is 4.60 Å². The highest BCUT2D eigenvalue weighted by Crippen LogP contribution is 2.17. The highest BCUT2D eigenvalue weighted by atomic mass is 79.9. The van der Waals surface area contributed by atoms with Crippen molar-refractivity contribution in [2.45, 2.75) is 0 Å². The van der Waals surface area contributed by atoms with Gasteiger partial charge in [0.2, 0.25) is 0 Å². The molecule has 1 rings (SSSR count). The van der Waals surface area contributed by atoms with E-state index in [2.05, 4.69) is 20.9 Å². The van der Waals surface area contributed by atoms with E-state index in [-0.39, 0.29) is 11.3 Å². The second-order valence-corrected chi connectivity index (χ2v) is 2.45. The minimum absolute atomic E-state index is 0.0919. The molecule has 0 bridgehead atoms. The molecule has 0 fully saturated rings. The van der Waals surface area contributed by atoms with Gasteiger partial charge in [-0.25, -0.2) is 4.98 Å². The van der Waals surface area contributed by atoms with Crippen LogP contribution in [0.1, 0.15) is 5.56 Å². The van der Waals surface area contributed by atoms with Crippen molar-refractivity contribution < 1.29 is 5.11 Å². The van der Waals surface area contributed by atoms with Gasteiger partial charge in [-0.15, -0.1) is 0 Å². The largest absolute Gasteiger partial charge is 0.505 e. The number of rotatable bonds is 0. The summed E-state index contributed by atoms with van der Waals surface area (Å²) in [7, 11) is 0. The Morgan fingerprint density at radius 3 is 2.90 bits per heavy atom. The van der Waals surface area contributed by atoms with Crippen LogP contribution < -0.4 is 0 Å². The quantitative estimate of drug-likeness (QED) is 0.642. The number of aromatic hydroxyl groups is 1. The first-order chi connectivity index (χ1) is 4.74. The van der Waals surface area contributed by atoms with Gasteiger partial charge < -0.3 is 5.11 Å². The normalized spacial score (nSPS) is 8.80. The molecule has 1 aromatic heterocycles. The number of pyridine rings is 1. The Morgan fingerprint density at radius 2 is 2.40 bits per heavy atom. The Kier molecular flexibility index (Phi) is 1.88. The minimum Gasteiger partial charge on any atom is -0.505 e. The van der Waals surface area contributed by atoms with Crippen LogP contribution in [0.5, 0.6) is 5.75 Å². The van der Waals surface area contributed by atoms with E-state index in [0.717, 1.165) is 0 Å². The highest BCUT2D eigenvalue weighted by Gasteiger charge is 1.99. The Bertz CT molecular complexity index is 292. The maximum atomic E-state index is 8.93. The van der Waals surface area contributed by atoms with E-state index in [9.17, 15) is 0 Å². The van der Waals surface area contributed by atoms with Crippen molar-refractivity contribution in [3.8, 4) is 11.8 Å². The maximum absolute atomic E-state index is 8.93. The predicted octanol–water partition coefficient (Wildman–Crippen LogP) is 1.42. The van der Waals surface area contributed by atoms with Crippen LogP contribution >= 0.6 is 15.9 Å². The van der Waals surface area contributed by atoms with E-state index < -0.39 is 0 Å². The highest BCUT2D eigenvalue weighted by molar-refractivity contribution is 9.10. The SMILES string of the molecule is N#Cc1cc(Br)ncc1O. The van der Waals surface area contributed by atoms with Gasteiger partial charge in [-0.2, -0.15) is 5.26 Å². The lowest BCUT2D eigenvalue weighted by atomic mass is 10.3. The molecule has 0 saturated heterocycles. The van der Waals surface area contributed by atoms with Gasteiger partial charge in [0.1, 0.15) is 10.7 Å². The zero-order valence-electron chi connectivity index (χ0n) is 4.87. The molecule has 0 aliphatic heterocycles. The first kappa shape index (κ1) is 7.03. The number of nitrogens with zero attached hydrogens (tertiary/aromatic N) is 2. The number of halogens is 1. The van der Waals surface area contributed by atoms with Crippen molar-refractivity contribution in [2.75, 3.05) is 0 Å². The van der Waals surface area contributed by atoms with Crippen molar-refractivity contribution in [1.29, 1.82) is 5.26 Å². The van der Waals surface area contributed by atoms with Gasteiger partial charge >= 0.3 is 0 Å². The third-order valence-electron chi connectivity index (χ3n) is 0.970. The Labute approximate surface area is 66.1 Å². The van der Waals surface area contributed by atoms with E-state index in [1.807, 2.05) is 6.07 Å². The standard InChI is InChI=1S/C6H3BrN2O/c7-6-1-4(2-8)5(10)3-9-6/h1,3,10H. The van der Waals surface area contributed by atoms with Crippen molar-refractivity contribution in [2.24, 2.45) is 0 Å². The van der Waals surface area contributed by atoms with E-state index in [4.69, 9.17) is 10.4 Å². The lowest BCUT2D eigenvalue weighted by Gasteiger charge is -1.92. The Hall–Kier alpha value is -1.08. The summed E-state index contributed by atoms with van der Waals surface area (Å²) >= 11 is 3.06. The summed E-state index contributed by atoms with van der Waals surface area (Å²) in [6, 6.07) is 3.27. The number of hydrogen-bond acceptors (Lipinski definition) is 3. The lowest BCUT2D eigenvalue weighted by molar-refractivity contribution is 0.470. The molecule has 3 nitrogen and oxygen atoms in total. The molecule has 1 N–H and O–H groups in total. The Morgan fingerprint density at radius 1 is 1.70 bits per heavy atom. The lowest BCUT2D eigenvalue weighted by Crippen LogP contribution is -1.79. The van der Waals surface area contributed by atoms with Crippen LogP contribution in [0.25, 0.3) is 0 Å². The molecule has 0 aromatic carbocycles.